The SMILES string of the molecule is CC#CCN1CCC2CN(C)CC21. The van der Waals surface area contributed by atoms with E-state index in [1.54, 1.807) is 0 Å². The Morgan fingerprint density at radius 2 is 2.23 bits per heavy atom. The molecule has 2 fully saturated rings. The second-order valence-corrected chi connectivity index (χ2v) is 4.23. The van der Waals surface area contributed by atoms with Crippen molar-refractivity contribution in [2.24, 2.45) is 5.92 Å². The molecule has 13 heavy (non-hydrogen) atoms. The molecule has 2 saturated heterocycles. The number of rotatable bonds is 1. The Morgan fingerprint density at radius 1 is 1.38 bits per heavy atom. The quantitative estimate of drug-likeness (QED) is 0.544. The molecule has 2 heterocycles. The smallest absolute Gasteiger partial charge is 0.0604 e. The van der Waals surface area contributed by atoms with Gasteiger partial charge in [0.15, 0.2) is 0 Å². The van der Waals surface area contributed by atoms with Gasteiger partial charge in [-0.15, -0.1) is 5.92 Å². The predicted octanol–water partition coefficient (Wildman–Crippen LogP) is 0.646. The summed E-state index contributed by atoms with van der Waals surface area (Å²) in [5.74, 6) is 7.08. The van der Waals surface area contributed by atoms with Crippen molar-refractivity contribution in [3.8, 4) is 11.8 Å². The average Bonchev–Trinajstić information content (AvgIpc) is 2.61. The van der Waals surface area contributed by atoms with Crippen LogP contribution in [0.4, 0.5) is 0 Å². The molecule has 0 N–H and O–H groups in total. The van der Waals surface area contributed by atoms with Crippen LogP contribution in [0, 0.1) is 17.8 Å². The van der Waals surface area contributed by atoms with Crippen LogP contribution >= 0.6 is 0 Å². The highest BCUT2D eigenvalue weighted by Gasteiger charge is 2.39. The van der Waals surface area contributed by atoms with E-state index in [9.17, 15) is 0 Å². The van der Waals surface area contributed by atoms with E-state index in [-0.39, 0.29) is 0 Å². The molecule has 0 radical (unpaired) electrons. The first-order valence-electron chi connectivity index (χ1n) is 5.13. The molecule has 2 heteroatoms. The van der Waals surface area contributed by atoms with Gasteiger partial charge in [-0.25, -0.2) is 0 Å². The van der Waals surface area contributed by atoms with Gasteiger partial charge in [-0.3, -0.25) is 4.90 Å². The lowest BCUT2D eigenvalue weighted by atomic mass is 10.1. The molecule has 0 aliphatic carbocycles. The van der Waals surface area contributed by atoms with Crippen molar-refractivity contribution in [3.05, 3.63) is 0 Å². The fraction of sp³-hybridized carbons (Fsp3) is 0.818. The molecular weight excluding hydrogens is 160 g/mol. The molecule has 72 valence electrons. The Labute approximate surface area is 80.9 Å². The lowest BCUT2D eigenvalue weighted by Crippen LogP contribution is -2.34. The summed E-state index contributed by atoms with van der Waals surface area (Å²) in [5.41, 5.74) is 0. The van der Waals surface area contributed by atoms with Crippen LogP contribution in [0.5, 0.6) is 0 Å². The minimum Gasteiger partial charge on any atom is -0.304 e. The standard InChI is InChI=1S/C11H18N2/c1-3-4-6-13-7-5-10-8-12(2)9-11(10)13/h10-11H,5-9H2,1-2H3. The van der Waals surface area contributed by atoms with E-state index in [1.807, 2.05) is 6.92 Å². The van der Waals surface area contributed by atoms with Crippen LogP contribution in [0.3, 0.4) is 0 Å². The summed E-state index contributed by atoms with van der Waals surface area (Å²) in [4.78, 5) is 4.99. The molecule has 0 bridgehead atoms. The summed E-state index contributed by atoms with van der Waals surface area (Å²) in [7, 11) is 2.22. The van der Waals surface area contributed by atoms with Crippen molar-refractivity contribution in [1.29, 1.82) is 0 Å². The first-order valence-corrected chi connectivity index (χ1v) is 5.13. The zero-order valence-electron chi connectivity index (χ0n) is 8.58. The van der Waals surface area contributed by atoms with Crippen molar-refractivity contribution in [1.82, 2.24) is 9.80 Å². The molecule has 0 aromatic rings. The van der Waals surface area contributed by atoms with Gasteiger partial charge >= 0.3 is 0 Å². The van der Waals surface area contributed by atoms with Crippen LogP contribution in [0.25, 0.3) is 0 Å². The first kappa shape index (κ1) is 9.05. The fourth-order valence-corrected chi connectivity index (χ4v) is 2.64. The molecule has 0 saturated carbocycles. The van der Waals surface area contributed by atoms with Gasteiger partial charge in [-0.05, 0) is 32.9 Å². The van der Waals surface area contributed by atoms with Crippen molar-refractivity contribution in [3.63, 3.8) is 0 Å². The van der Waals surface area contributed by atoms with E-state index >= 15 is 0 Å². The van der Waals surface area contributed by atoms with Gasteiger partial charge < -0.3 is 4.90 Å². The largest absolute Gasteiger partial charge is 0.304 e. The Morgan fingerprint density at radius 3 is 3.00 bits per heavy atom. The number of nitrogens with zero attached hydrogens (tertiary/aromatic N) is 2. The van der Waals surface area contributed by atoms with Gasteiger partial charge in [0, 0.05) is 19.1 Å². The Kier molecular flexibility index (Phi) is 2.57. The van der Waals surface area contributed by atoms with Crippen molar-refractivity contribution >= 4 is 0 Å². The maximum absolute atomic E-state index is 3.18. The van der Waals surface area contributed by atoms with E-state index in [1.165, 1.54) is 26.1 Å². The normalized spacial score (nSPS) is 34.3. The minimum atomic E-state index is 0.797. The van der Waals surface area contributed by atoms with Crippen molar-refractivity contribution in [2.75, 3.05) is 33.2 Å². The Bertz CT molecular complexity index is 238. The van der Waals surface area contributed by atoms with Gasteiger partial charge in [0.1, 0.15) is 0 Å². The van der Waals surface area contributed by atoms with Crippen LogP contribution in [0.1, 0.15) is 13.3 Å². The molecule has 0 spiro atoms. The van der Waals surface area contributed by atoms with Gasteiger partial charge in [0.05, 0.1) is 6.54 Å². The third-order valence-corrected chi connectivity index (χ3v) is 3.30. The summed E-state index contributed by atoms with van der Waals surface area (Å²) in [6.07, 6.45) is 1.38. The summed E-state index contributed by atoms with van der Waals surface area (Å²) in [6.45, 7) is 6.70. The van der Waals surface area contributed by atoms with Crippen LogP contribution in [-0.2, 0) is 0 Å². The summed E-state index contributed by atoms with van der Waals surface area (Å²) >= 11 is 0. The number of fused-ring (bicyclic) bond motifs is 1. The molecule has 2 nitrogen and oxygen atoms in total. The van der Waals surface area contributed by atoms with Crippen LogP contribution in [0.15, 0.2) is 0 Å². The van der Waals surface area contributed by atoms with Gasteiger partial charge in [-0.2, -0.15) is 0 Å². The number of likely N-dealkylation sites (N-methyl/N-ethyl adjacent to an activating group) is 1. The van der Waals surface area contributed by atoms with Gasteiger partial charge in [0.25, 0.3) is 0 Å². The molecule has 0 aromatic carbocycles. The topological polar surface area (TPSA) is 6.48 Å². The highest BCUT2D eigenvalue weighted by Crippen LogP contribution is 2.29. The molecular formula is C11H18N2. The Balaban J connectivity index is 1.95. The maximum atomic E-state index is 3.18. The maximum Gasteiger partial charge on any atom is 0.0604 e. The molecule has 0 amide bonds. The van der Waals surface area contributed by atoms with E-state index in [4.69, 9.17) is 0 Å². The lowest BCUT2D eigenvalue weighted by Gasteiger charge is -2.21. The molecule has 2 aliphatic rings. The second kappa shape index (κ2) is 3.69. The molecule has 2 aliphatic heterocycles. The monoisotopic (exact) mass is 178 g/mol. The number of hydrogen-bond donors (Lipinski definition) is 0. The van der Waals surface area contributed by atoms with Crippen molar-refractivity contribution < 1.29 is 0 Å². The molecule has 2 atom stereocenters. The van der Waals surface area contributed by atoms with E-state index in [0.717, 1.165) is 18.5 Å². The van der Waals surface area contributed by atoms with Gasteiger partial charge in [-0.1, -0.05) is 5.92 Å². The highest BCUT2D eigenvalue weighted by molar-refractivity contribution is 5.03. The Hall–Kier alpha value is -0.520. The first-order chi connectivity index (χ1) is 6.31. The van der Waals surface area contributed by atoms with E-state index in [2.05, 4.69) is 28.7 Å². The van der Waals surface area contributed by atoms with Crippen molar-refractivity contribution in [2.45, 2.75) is 19.4 Å². The summed E-state index contributed by atoms with van der Waals surface area (Å²) < 4.78 is 0. The highest BCUT2D eigenvalue weighted by atomic mass is 15.3. The minimum absolute atomic E-state index is 0.797. The predicted molar refractivity (Wildman–Crippen MR) is 54.4 cm³/mol. The number of hydrogen-bond acceptors (Lipinski definition) is 2. The van der Waals surface area contributed by atoms with E-state index < -0.39 is 0 Å². The zero-order valence-corrected chi connectivity index (χ0v) is 8.58. The average molecular weight is 178 g/mol. The van der Waals surface area contributed by atoms with Crippen LogP contribution in [0.2, 0.25) is 0 Å². The third kappa shape index (κ3) is 1.72. The zero-order chi connectivity index (χ0) is 9.26. The molecule has 0 aromatic heterocycles. The van der Waals surface area contributed by atoms with E-state index in [0.29, 0.717) is 0 Å². The van der Waals surface area contributed by atoms with Gasteiger partial charge in [0.2, 0.25) is 0 Å². The second-order valence-electron chi connectivity index (χ2n) is 4.23. The van der Waals surface area contributed by atoms with Crippen LogP contribution < -0.4 is 0 Å². The lowest BCUT2D eigenvalue weighted by molar-refractivity contribution is 0.261. The van der Waals surface area contributed by atoms with Crippen LogP contribution in [-0.4, -0.2) is 49.1 Å². The fourth-order valence-electron chi connectivity index (χ4n) is 2.64. The molecule has 2 unspecified atom stereocenters. The summed E-state index contributed by atoms with van der Waals surface area (Å²) in [6, 6.07) is 0.797. The molecule has 2 rings (SSSR count). The number of likely N-dealkylation sites (tertiary alicyclic amines) is 2. The third-order valence-electron chi connectivity index (χ3n) is 3.30. The summed E-state index contributed by atoms with van der Waals surface area (Å²) in [5, 5.41) is 0.